The lowest BCUT2D eigenvalue weighted by Crippen LogP contribution is -2.48. The molecule has 0 unspecified atom stereocenters. The molecule has 1 amide bonds. The minimum Gasteiger partial charge on any atom is -0.331 e. The van der Waals surface area contributed by atoms with Crippen molar-refractivity contribution >= 4 is 5.91 Å². The summed E-state index contributed by atoms with van der Waals surface area (Å²) < 4.78 is 0. The van der Waals surface area contributed by atoms with E-state index in [4.69, 9.17) is 0 Å². The highest BCUT2D eigenvalue weighted by molar-refractivity contribution is 5.80. The average Bonchev–Trinajstić information content (AvgIpc) is 3.09. The van der Waals surface area contributed by atoms with E-state index in [9.17, 15) is 4.79 Å². The lowest BCUT2D eigenvalue weighted by Gasteiger charge is -2.38. The van der Waals surface area contributed by atoms with Crippen LogP contribution in [0.5, 0.6) is 0 Å². The van der Waals surface area contributed by atoms with Gasteiger partial charge in [-0.15, -0.1) is 0 Å². The summed E-state index contributed by atoms with van der Waals surface area (Å²) in [4.78, 5) is 16.5. The van der Waals surface area contributed by atoms with Crippen LogP contribution in [0.4, 0.5) is 0 Å². The first kappa shape index (κ1) is 12.7. The van der Waals surface area contributed by atoms with Crippen molar-refractivity contribution in [3.8, 4) is 0 Å². The van der Waals surface area contributed by atoms with Crippen LogP contribution in [0.2, 0.25) is 0 Å². The smallest absolute Gasteiger partial charge is 0.237 e. The third-order valence-corrected chi connectivity index (χ3v) is 4.36. The van der Waals surface area contributed by atoms with Crippen molar-refractivity contribution in [1.82, 2.24) is 9.80 Å². The molecule has 1 saturated carbocycles. The van der Waals surface area contributed by atoms with E-state index in [2.05, 4.69) is 30.0 Å². The number of nitrogens with zero attached hydrogens (tertiary/aromatic N) is 2. The van der Waals surface area contributed by atoms with Crippen molar-refractivity contribution in [1.29, 1.82) is 0 Å². The molecule has 3 rings (SSSR count). The van der Waals surface area contributed by atoms with Crippen LogP contribution in [0, 0.1) is 6.92 Å². The molecule has 19 heavy (non-hydrogen) atoms. The van der Waals surface area contributed by atoms with Gasteiger partial charge in [0, 0.05) is 6.54 Å². The van der Waals surface area contributed by atoms with Crippen LogP contribution in [0.15, 0.2) is 18.2 Å². The molecule has 102 valence electrons. The van der Waals surface area contributed by atoms with Crippen LogP contribution in [0.3, 0.4) is 0 Å². The summed E-state index contributed by atoms with van der Waals surface area (Å²) in [6.45, 7) is 3.54. The molecule has 0 bridgehead atoms. The van der Waals surface area contributed by atoms with Crippen molar-refractivity contribution in [2.24, 2.45) is 0 Å². The standard InChI is InChI=1S/C16H22N2O/c1-12-4-5-14-13(10-12)6-9-18(16(14)7-8-16)15(19)11-17(2)3/h4-5,10H,6-9,11H2,1-3H3. The Morgan fingerprint density at radius 3 is 2.74 bits per heavy atom. The lowest BCUT2D eigenvalue weighted by molar-refractivity contribution is -0.135. The van der Waals surface area contributed by atoms with E-state index in [1.165, 1.54) is 16.7 Å². The van der Waals surface area contributed by atoms with E-state index >= 15 is 0 Å². The first-order valence-electron chi connectivity index (χ1n) is 7.08. The van der Waals surface area contributed by atoms with Gasteiger partial charge in [0.15, 0.2) is 0 Å². The number of likely N-dealkylation sites (N-methyl/N-ethyl adjacent to an activating group) is 1. The van der Waals surface area contributed by atoms with Gasteiger partial charge in [0.05, 0.1) is 12.1 Å². The molecular formula is C16H22N2O. The van der Waals surface area contributed by atoms with E-state index in [1.54, 1.807) is 0 Å². The Labute approximate surface area is 115 Å². The molecule has 1 spiro atoms. The Morgan fingerprint density at radius 2 is 2.11 bits per heavy atom. The van der Waals surface area contributed by atoms with Crippen LogP contribution in [-0.2, 0) is 16.8 Å². The summed E-state index contributed by atoms with van der Waals surface area (Å²) in [5.74, 6) is 0.272. The summed E-state index contributed by atoms with van der Waals surface area (Å²) in [6, 6.07) is 6.72. The van der Waals surface area contributed by atoms with E-state index in [0.29, 0.717) is 6.54 Å². The molecule has 3 nitrogen and oxygen atoms in total. The predicted octanol–water partition coefficient (Wildman–Crippen LogP) is 1.93. The maximum Gasteiger partial charge on any atom is 0.237 e. The molecule has 0 radical (unpaired) electrons. The largest absolute Gasteiger partial charge is 0.331 e. The fourth-order valence-electron chi connectivity index (χ4n) is 3.35. The van der Waals surface area contributed by atoms with Crippen molar-refractivity contribution in [3.05, 3.63) is 34.9 Å². The molecule has 0 saturated heterocycles. The molecule has 2 aliphatic rings. The fraction of sp³-hybridized carbons (Fsp3) is 0.562. The Hall–Kier alpha value is -1.35. The van der Waals surface area contributed by atoms with Gasteiger partial charge in [-0.1, -0.05) is 23.8 Å². The van der Waals surface area contributed by atoms with E-state index < -0.39 is 0 Å². The number of carbonyl (C=O) groups is 1. The van der Waals surface area contributed by atoms with Gasteiger partial charge in [-0.2, -0.15) is 0 Å². The first-order chi connectivity index (χ1) is 9.03. The molecular weight excluding hydrogens is 236 g/mol. The summed E-state index contributed by atoms with van der Waals surface area (Å²) in [5.41, 5.74) is 4.21. The van der Waals surface area contributed by atoms with Crippen LogP contribution in [0.25, 0.3) is 0 Å². The fourth-order valence-corrected chi connectivity index (χ4v) is 3.35. The number of rotatable bonds is 2. The zero-order valence-corrected chi connectivity index (χ0v) is 12.1. The summed E-state index contributed by atoms with van der Waals surface area (Å²) >= 11 is 0. The van der Waals surface area contributed by atoms with Gasteiger partial charge in [0.25, 0.3) is 0 Å². The molecule has 1 aliphatic heterocycles. The van der Waals surface area contributed by atoms with Gasteiger partial charge < -0.3 is 9.80 Å². The minimum absolute atomic E-state index is 0.0361. The molecule has 1 aromatic rings. The minimum atomic E-state index is 0.0361. The molecule has 0 atom stereocenters. The van der Waals surface area contributed by atoms with Crippen LogP contribution in [0.1, 0.15) is 29.5 Å². The number of hydrogen-bond donors (Lipinski definition) is 0. The molecule has 1 aliphatic carbocycles. The van der Waals surface area contributed by atoms with Gasteiger partial charge >= 0.3 is 0 Å². The summed E-state index contributed by atoms with van der Waals surface area (Å²) in [6.07, 6.45) is 3.25. The Kier molecular flexibility index (Phi) is 2.90. The molecule has 1 heterocycles. The third kappa shape index (κ3) is 2.06. The molecule has 1 aromatic carbocycles. The lowest BCUT2D eigenvalue weighted by atomic mass is 9.89. The number of fused-ring (bicyclic) bond motifs is 2. The van der Waals surface area contributed by atoms with Crippen molar-refractivity contribution in [3.63, 3.8) is 0 Å². The maximum absolute atomic E-state index is 12.4. The number of carbonyl (C=O) groups excluding carboxylic acids is 1. The maximum atomic E-state index is 12.4. The molecule has 0 aromatic heterocycles. The summed E-state index contributed by atoms with van der Waals surface area (Å²) in [7, 11) is 3.91. The Bertz CT molecular complexity index is 517. The van der Waals surface area contributed by atoms with E-state index in [1.807, 2.05) is 19.0 Å². The van der Waals surface area contributed by atoms with Crippen LogP contribution < -0.4 is 0 Å². The van der Waals surface area contributed by atoms with Crippen LogP contribution >= 0.6 is 0 Å². The highest BCUT2D eigenvalue weighted by Crippen LogP contribution is 2.54. The number of hydrogen-bond acceptors (Lipinski definition) is 2. The van der Waals surface area contributed by atoms with E-state index in [-0.39, 0.29) is 11.4 Å². The third-order valence-electron chi connectivity index (χ3n) is 4.36. The quantitative estimate of drug-likeness (QED) is 0.809. The number of amides is 1. The SMILES string of the molecule is Cc1ccc2c(c1)CCN(C(=O)CN(C)C)C21CC1. The predicted molar refractivity (Wildman–Crippen MR) is 76.1 cm³/mol. The van der Waals surface area contributed by atoms with Crippen molar-refractivity contribution < 1.29 is 4.79 Å². The second-order valence-electron chi connectivity index (χ2n) is 6.23. The zero-order chi connectivity index (χ0) is 13.6. The second-order valence-corrected chi connectivity index (χ2v) is 6.23. The Morgan fingerprint density at radius 1 is 1.37 bits per heavy atom. The number of aryl methyl sites for hydroxylation is 1. The number of benzene rings is 1. The molecule has 0 N–H and O–H groups in total. The van der Waals surface area contributed by atoms with Gasteiger partial charge in [-0.05, 0) is 51.4 Å². The highest BCUT2D eigenvalue weighted by atomic mass is 16.2. The molecule has 3 heteroatoms. The first-order valence-corrected chi connectivity index (χ1v) is 7.08. The normalized spacial score (nSPS) is 19.7. The average molecular weight is 258 g/mol. The van der Waals surface area contributed by atoms with Crippen LogP contribution in [-0.4, -0.2) is 42.9 Å². The molecule has 1 fully saturated rings. The van der Waals surface area contributed by atoms with Gasteiger partial charge in [-0.25, -0.2) is 0 Å². The highest BCUT2D eigenvalue weighted by Gasteiger charge is 2.53. The van der Waals surface area contributed by atoms with Gasteiger partial charge in [0.1, 0.15) is 0 Å². The van der Waals surface area contributed by atoms with Crippen molar-refractivity contribution in [2.45, 2.75) is 31.7 Å². The monoisotopic (exact) mass is 258 g/mol. The zero-order valence-electron chi connectivity index (χ0n) is 12.1. The topological polar surface area (TPSA) is 23.6 Å². The Balaban J connectivity index is 1.92. The second kappa shape index (κ2) is 4.34. The van der Waals surface area contributed by atoms with Gasteiger partial charge in [-0.3, -0.25) is 4.79 Å². The van der Waals surface area contributed by atoms with Crippen molar-refractivity contribution in [2.75, 3.05) is 27.2 Å². The van der Waals surface area contributed by atoms with E-state index in [0.717, 1.165) is 25.8 Å². The summed E-state index contributed by atoms with van der Waals surface area (Å²) in [5, 5.41) is 0. The van der Waals surface area contributed by atoms with Gasteiger partial charge in [0.2, 0.25) is 5.91 Å².